The molecule has 0 radical (unpaired) electrons. The monoisotopic (exact) mass is 603 g/mol. The summed E-state index contributed by atoms with van der Waals surface area (Å²) in [6.45, 7) is 10.9. The SMILES string of the molecule is CCOC(=O)C1CCCN(C(=O)c2cccc(CSc3nc(C)c(C)c(N4CCN(c5ccc(OC)cc5)CC4)n3)c2)C1. The van der Waals surface area contributed by atoms with Crippen LogP contribution < -0.4 is 14.5 Å². The van der Waals surface area contributed by atoms with E-state index in [0.29, 0.717) is 31.0 Å². The Hall–Kier alpha value is -3.79. The number of hydrogen-bond acceptors (Lipinski definition) is 9. The summed E-state index contributed by atoms with van der Waals surface area (Å²) in [5, 5.41) is 0.737. The van der Waals surface area contributed by atoms with Crippen molar-refractivity contribution in [3.8, 4) is 5.75 Å². The van der Waals surface area contributed by atoms with Gasteiger partial charge in [-0.2, -0.15) is 0 Å². The Bertz CT molecular complexity index is 1430. The van der Waals surface area contributed by atoms with Crippen molar-refractivity contribution in [3.63, 3.8) is 0 Å². The van der Waals surface area contributed by atoms with Gasteiger partial charge in [0.05, 0.1) is 19.6 Å². The van der Waals surface area contributed by atoms with E-state index in [0.717, 1.165) is 72.6 Å². The van der Waals surface area contributed by atoms with Gasteiger partial charge in [0.15, 0.2) is 5.16 Å². The van der Waals surface area contributed by atoms with Crippen LogP contribution in [0.5, 0.6) is 5.75 Å². The minimum atomic E-state index is -0.252. The molecule has 2 aliphatic heterocycles. The van der Waals surface area contributed by atoms with Gasteiger partial charge in [0, 0.05) is 67.5 Å². The highest BCUT2D eigenvalue weighted by Crippen LogP contribution is 2.29. The molecule has 43 heavy (non-hydrogen) atoms. The highest BCUT2D eigenvalue weighted by Gasteiger charge is 2.30. The fraction of sp³-hybridized carbons (Fsp3) is 0.455. The number of anilines is 2. The molecule has 1 atom stereocenters. The van der Waals surface area contributed by atoms with E-state index in [9.17, 15) is 9.59 Å². The number of esters is 1. The zero-order valence-corrected chi connectivity index (χ0v) is 26.4. The normalized spacial score (nSPS) is 17.1. The van der Waals surface area contributed by atoms with Crippen molar-refractivity contribution in [2.75, 3.05) is 62.8 Å². The van der Waals surface area contributed by atoms with Gasteiger partial charge in [0.1, 0.15) is 11.6 Å². The largest absolute Gasteiger partial charge is 0.497 e. The maximum Gasteiger partial charge on any atom is 0.310 e. The van der Waals surface area contributed by atoms with Crippen molar-refractivity contribution in [2.24, 2.45) is 5.92 Å². The van der Waals surface area contributed by atoms with Gasteiger partial charge >= 0.3 is 5.97 Å². The molecule has 9 nitrogen and oxygen atoms in total. The summed E-state index contributed by atoms with van der Waals surface area (Å²) in [5.41, 5.74) is 4.96. The van der Waals surface area contributed by atoms with Crippen molar-refractivity contribution in [1.29, 1.82) is 0 Å². The summed E-state index contributed by atoms with van der Waals surface area (Å²) in [7, 11) is 1.69. The number of amides is 1. The van der Waals surface area contributed by atoms with Crippen molar-refractivity contribution < 1.29 is 19.1 Å². The molecule has 1 amide bonds. The number of methoxy groups -OCH3 is 1. The number of carbonyl (C=O) groups is 2. The predicted octanol–water partition coefficient (Wildman–Crippen LogP) is 5.14. The number of piperazine rings is 1. The van der Waals surface area contributed by atoms with E-state index >= 15 is 0 Å². The Labute approximate surface area is 258 Å². The Balaban J connectivity index is 1.21. The van der Waals surface area contributed by atoms with Gasteiger partial charge in [-0.25, -0.2) is 9.97 Å². The van der Waals surface area contributed by atoms with Crippen molar-refractivity contribution >= 4 is 35.1 Å². The molecular formula is C33H41N5O4S. The number of rotatable bonds is 9. The number of nitrogens with zero attached hydrogens (tertiary/aromatic N) is 5. The lowest BCUT2D eigenvalue weighted by Gasteiger charge is -2.37. The van der Waals surface area contributed by atoms with Gasteiger partial charge < -0.3 is 24.2 Å². The lowest BCUT2D eigenvalue weighted by molar-refractivity contribution is -0.149. The van der Waals surface area contributed by atoms with Crippen LogP contribution in [0.25, 0.3) is 0 Å². The first-order valence-corrected chi connectivity index (χ1v) is 16.0. The molecule has 1 aromatic heterocycles. The highest BCUT2D eigenvalue weighted by molar-refractivity contribution is 7.98. The lowest BCUT2D eigenvalue weighted by atomic mass is 9.97. The maximum atomic E-state index is 13.3. The first-order chi connectivity index (χ1) is 20.9. The van der Waals surface area contributed by atoms with Crippen LogP contribution in [-0.2, 0) is 15.3 Å². The molecule has 0 spiro atoms. The van der Waals surface area contributed by atoms with Gasteiger partial charge in [-0.3, -0.25) is 9.59 Å². The van der Waals surface area contributed by atoms with Gasteiger partial charge in [-0.15, -0.1) is 0 Å². The molecule has 5 rings (SSSR count). The van der Waals surface area contributed by atoms with Crippen LogP contribution in [0, 0.1) is 19.8 Å². The average molecular weight is 604 g/mol. The second-order valence-corrected chi connectivity index (χ2v) is 12.0. The molecule has 3 heterocycles. The van der Waals surface area contributed by atoms with Crippen LogP contribution in [0.2, 0.25) is 0 Å². The van der Waals surface area contributed by atoms with E-state index in [2.05, 4.69) is 28.9 Å². The third kappa shape index (κ3) is 7.41. The van der Waals surface area contributed by atoms with Crippen molar-refractivity contribution in [3.05, 3.63) is 70.9 Å². The fourth-order valence-corrected chi connectivity index (χ4v) is 6.50. The number of carbonyl (C=O) groups excluding carboxylic acids is 2. The average Bonchev–Trinajstić information content (AvgIpc) is 3.05. The molecule has 0 bridgehead atoms. The molecule has 1 unspecified atom stereocenters. The molecule has 0 N–H and O–H groups in total. The number of thioether (sulfide) groups is 1. The molecule has 2 aliphatic rings. The molecule has 10 heteroatoms. The van der Waals surface area contributed by atoms with Gasteiger partial charge in [0.2, 0.25) is 0 Å². The van der Waals surface area contributed by atoms with Crippen LogP contribution in [0.3, 0.4) is 0 Å². The number of likely N-dealkylation sites (tertiary alicyclic amines) is 1. The van der Waals surface area contributed by atoms with Crippen molar-refractivity contribution in [2.45, 2.75) is 44.5 Å². The van der Waals surface area contributed by atoms with Crippen LogP contribution in [0.4, 0.5) is 11.5 Å². The van der Waals surface area contributed by atoms with Crippen LogP contribution in [0.1, 0.15) is 46.9 Å². The first-order valence-electron chi connectivity index (χ1n) is 15.0. The second-order valence-electron chi connectivity index (χ2n) is 11.0. The van der Waals surface area contributed by atoms with Crippen LogP contribution in [0.15, 0.2) is 53.7 Å². The Morgan fingerprint density at radius 2 is 1.72 bits per heavy atom. The number of aryl methyl sites for hydroxylation is 1. The number of hydrogen-bond donors (Lipinski definition) is 0. The van der Waals surface area contributed by atoms with Crippen LogP contribution >= 0.6 is 11.8 Å². The highest BCUT2D eigenvalue weighted by atomic mass is 32.2. The second kappa shape index (κ2) is 14.1. The number of aromatic nitrogens is 2. The zero-order chi connectivity index (χ0) is 30.3. The van der Waals surface area contributed by atoms with Crippen molar-refractivity contribution in [1.82, 2.24) is 14.9 Å². The first kappa shape index (κ1) is 30.7. The number of piperidine rings is 1. The quantitative estimate of drug-likeness (QED) is 0.188. The molecule has 228 valence electrons. The lowest BCUT2D eigenvalue weighted by Crippen LogP contribution is -2.47. The number of ether oxygens (including phenoxy) is 2. The standard InChI is InChI=1S/C33H41N5O4S/c1-5-42-32(40)27-10-7-15-38(21-27)31(39)26-9-6-8-25(20-26)22-43-33-34-24(3)23(2)30(35-33)37-18-16-36(17-19-37)28-11-13-29(41-4)14-12-28/h6,8-9,11-14,20,27H,5,7,10,15-19,21-22H2,1-4H3. The third-order valence-electron chi connectivity index (χ3n) is 8.23. The summed E-state index contributed by atoms with van der Waals surface area (Å²) < 4.78 is 10.5. The summed E-state index contributed by atoms with van der Waals surface area (Å²) in [6, 6.07) is 16.0. The zero-order valence-electron chi connectivity index (χ0n) is 25.5. The van der Waals surface area contributed by atoms with Gasteiger partial charge in [-0.1, -0.05) is 23.9 Å². The molecule has 3 aromatic rings. The maximum absolute atomic E-state index is 13.3. The fourth-order valence-electron chi connectivity index (χ4n) is 5.67. The molecule has 2 fully saturated rings. The summed E-state index contributed by atoms with van der Waals surface area (Å²) in [4.78, 5) is 41.9. The third-order valence-corrected chi connectivity index (χ3v) is 9.15. The molecule has 2 aromatic carbocycles. The minimum absolute atomic E-state index is 0.0423. The van der Waals surface area contributed by atoms with E-state index in [1.807, 2.05) is 50.2 Å². The van der Waals surface area contributed by atoms with E-state index < -0.39 is 0 Å². The summed E-state index contributed by atoms with van der Waals surface area (Å²) >= 11 is 1.58. The predicted molar refractivity (Wildman–Crippen MR) is 170 cm³/mol. The van der Waals surface area contributed by atoms with E-state index in [-0.39, 0.29) is 17.8 Å². The molecule has 2 saturated heterocycles. The topological polar surface area (TPSA) is 88.1 Å². The smallest absolute Gasteiger partial charge is 0.310 e. The van der Waals surface area contributed by atoms with E-state index in [1.165, 1.54) is 5.69 Å². The van der Waals surface area contributed by atoms with Gasteiger partial charge in [-0.05, 0) is 75.6 Å². The Kier molecular flexibility index (Phi) is 10.1. The van der Waals surface area contributed by atoms with E-state index in [1.54, 1.807) is 23.8 Å². The molecule has 0 aliphatic carbocycles. The minimum Gasteiger partial charge on any atom is -0.497 e. The summed E-state index contributed by atoms with van der Waals surface area (Å²) in [5.74, 6) is 2.01. The van der Waals surface area contributed by atoms with Crippen LogP contribution in [-0.4, -0.2) is 79.7 Å². The molecule has 0 saturated carbocycles. The summed E-state index contributed by atoms with van der Waals surface area (Å²) in [6.07, 6.45) is 1.56. The van der Waals surface area contributed by atoms with Gasteiger partial charge in [0.25, 0.3) is 5.91 Å². The Morgan fingerprint density at radius 3 is 2.44 bits per heavy atom. The molecular weight excluding hydrogens is 562 g/mol. The van der Waals surface area contributed by atoms with E-state index in [4.69, 9.17) is 19.4 Å². The Morgan fingerprint density at radius 1 is 0.977 bits per heavy atom. The number of benzene rings is 2.